The standard InChI is InChI=1S/C19H18N4O2/c1-4-23-16-8-6-13(10-15(16)20-19(23)24)17-21-18(25-22-17)14-7-5-11(2)9-12(14)3/h5-10H,4H2,1-3H3,(H,20,24). The number of imidazole rings is 1. The summed E-state index contributed by atoms with van der Waals surface area (Å²) < 4.78 is 7.14. The highest BCUT2D eigenvalue weighted by molar-refractivity contribution is 5.80. The van der Waals surface area contributed by atoms with E-state index in [1.54, 1.807) is 4.57 Å². The summed E-state index contributed by atoms with van der Waals surface area (Å²) in [6.45, 7) is 6.64. The number of H-pyrrole nitrogens is 1. The van der Waals surface area contributed by atoms with Gasteiger partial charge in [0, 0.05) is 17.7 Å². The molecule has 1 N–H and O–H groups in total. The van der Waals surface area contributed by atoms with Gasteiger partial charge in [0.1, 0.15) is 0 Å². The zero-order chi connectivity index (χ0) is 17.6. The molecule has 6 heteroatoms. The van der Waals surface area contributed by atoms with Gasteiger partial charge in [0.2, 0.25) is 5.82 Å². The summed E-state index contributed by atoms with van der Waals surface area (Å²) >= 11 is 0. The molecular formula is C19H18N4O2. The Morgan fingerprint density at radius 1 is 1.16 bits per heavy atom. The van der Waals surface area contributed by atoms with Crippen LogP contribution in [-0.2, 0) is 6.54 Å². The molecular weight excluding hydrogens is 316 g/mol. The number of fused-ring (bicyclic) bond motifs is 1. The van der Waals surface area contributed by atoms with Crippen LogP contribution in [-0.4, -0.2) is 19.7 Å². The zero-order valence-electron chi connectivity index (χ0n) is 14.3. The van der Waals surface area contributed by atoms with Crippen molar-refractivity contribution in [3.05, 3.63) is 58.0 Å². The lowest BCUT2D eigenvalue weighted by Crippen LogP contribution is -2.14. The summed E-state index contributed by atoms with van der Waals surface area (Å²) in [5.41, 5.74) is 5.54. The van der Waals surface area contributed by atoms with Gasteiger partial charge >= 0.3 is 5.69 Å². The molecule has 4 rings (SSSR count). The molecule has 6 nitrogen and oxygen atoms in total. The number of hydrogen-bond donors (Lipinski definition) is 1. The van der Waals surface area contributed by atoms with Gasteiger partial charge in [0.25, 0.3) is 5.89 Å². The summed E-state index contributed by atoms with van der Waals surface area (Å²) in [6, 6.07) is 11.8. The number of benzene rings is 2. The first-order chi connectivity index (χ1) is 12.1. The number of rotatable bonds is 3. The van der Waals surface area contributed by atoms with Crippen LogP contribution in [0, 0.1) is 13.8 Å². The van der Waals surface area contributed by atoms with E-state index in [2.05, 4.69) is 28.1 Å². The molecule has 0 atom stereocenters. The van der Waals surface area contributed by atoms with Crippen molar-refractivity contribution in [3.8, 4) is 22.8 Å². The number of nitrogens with zero attached hydrogens (tertiary/aromatic N) is 3. The first-order valence-corrected chi connectivity index (χ1v) is 8.21. The molecule has 0 amide bonds. The van der Waals surface area contributed by atoms with Crippen molar-refractivity contribution in [2.75, 3.05) is 0 Å². The maximum absolute atomic E-state index is 11.9. The fourth-order valence-electron chi connectivity index (χ4n) is 3.12. The monoisotopic (exact) mass is 334 g/mol. The minimum Gasteiger partial charge on any atom is -0.334 e. The third-order valence-electron chi connectivity index (χ3n) is 4.39. The fraction of sp³-hybridized carbons (Fsp3) is 0.211. The molecule has 4 aromatic rings. The van der Waals surface area contributed by atoms with Crippen LogP contribution in [0.2, 0.25) is 0 Å². The van der Waals surface area contributed by atoms with Crippen LogP contribution >= 0.6 is 0 Å². The van der Waals surface area contributed by atoms with Crippen LogP contribution in [0.5, 0.6) is 0 Å². The van der Waals surface area contributed by atoms with Crippen LogP contribution in [0.3, 0.4) is 0 Å². The highest BCUT2D eigenvalue weighted by atomic mass is 16.5. The van der Waals surface area contributed by atoms with Gasteiger partial charge in [-0.05, 0) is 50.6 Å². The minimum atomic E-state index is -0.112. The maximum Gasteiger partial charge on any atom is 0.326 e. The normalized spacial score (nSPS) is 11.3. The van der Waals surface area contributed by atoms with E-state index in [-0.39, 0.29) is 5.69 Å². The van der Waals surface area contributed by atoms with E-state index in [1.807, 2.05) is 44.2 Å². The molecule has 0 saturated heterocycles. The SMILES string of the molecule is CCn1c(=O)[nH]c2cc(-c3noc(-c4ccc(C)cc4C)n3)ccc21. The van der Waals surface area contributed by atoms with Gasteiger partial charge in [0.05, 0.1) is 11.0 Å². The lowest BCUT2D eigenvalue weighted by atomic mass is 10.1. The van der Waals surface area contributed by atoms with Crippen LogP contribution in [0.4, 0.5) is 0 Å². The second-order valence-electron chi connectivity index (χ2n) is 6.15. The van der Waals surface area contributed by atoms with Crippen molar-refractivity contribution in [3.63, 3.8) is 0 Å². The van der Waals surface area contributed by atoms with E-state index < -0.39 is 0 Å². The second-order valence-corrected chi connectivity index (χ2v) is 6.15. The molecule has 0 saturated carbocycles. The van der Waals surface area contributed by atoms with E-state index in [0.717, 1.165) is 27.7 Å². The van der Waals surface area contributed by atoms with Crippen LogP contribution in [0.15, 0.2) is 45.7 Å². The molecule has 2 aromatic carbocycles. The lowest BCUT2D eigenvalue weighted by molar-refractivity contribution is 0.432. The molecule has 0 fully saturated rings. The van der Waals surface area contributed by atoms with Crippen molar-refractivity contribution >= 4 is 11.0 Å². The van der Waals surface area contributed by atoms with E-state index in [9.17, 15) is 4.79 Å². The van der Waals surface area contributed by atoms with Crippen molar-refractivity contribution in [2.45, 2.75) is 27.3 Å². The number of aromatic nitrogens is 4. The van der Waals surface area contributed by atoms with Crippen molar-refractivity contribution in [1.29, 1.82) is 0 Å². The Morgan fingerprint density at radius 2 is 2.00 bits per heavy atom. The van der Waals surface area contributed by atoms with Gasteiger partial charge in [-0.1, -0.05) is 22.9 Å². The molecule has 0 unspecified atom stereocenters. The van der Waals surface area contributed by atoms with Crippen molar-refractivity contribution in [2.24, 2.45) is 0 Å². The summed E-state index contributed by atoms with van der Waals surface area (Å²) in [5.74, 6) is 0.995. The van der Waals surface area contributed by atoms with E-state index >= 15 is 0 Å². The topological polar surface area (TPSA) is 76.7 Å². The molecule has 2 heterocycles. The second kappa shape index (κ2) is 5.73. The molecule has 0 aliphatic rings. The van der Waals surface area contributed by atoms with Crippen LogP contribution in [0.1, 0.15) is 18.1 Å². The number of aryl methyl sites for hydroxylation is 3. The van der Waals surface area contributed by atoms with Gasteiger partial charge in [-0.15, -0.1) is 0 Å². The maximum atomic E-state index is 11.9. The van der Waals surface area contributed by atoms with Gasteiger partial charge in [-0.3, -0.25) is 4.57 Å². The van der Waals surface area contributed by atoms with Crippen molar-refractivity contribution < 1.29 is 4.52 Å². The van der Waals surface area contributed by atoms with Gasteiger partial charge in [0.15, 0.2) is 0 Å². The zero-order valence-corrected chi connectivity index (χ0v) is 14.3. The molecule has 0 aliphatic carbocycles. The Bertz CT molecular complexity index is 1130. The number of nitrogens with one attached hydrogen (secondary N) is 1. The smallest absolute Gasteiger partial charge is 0.326 e. The molecule has 25 heavy (non-hydrogen) atoms. The molecule has 0 radical (unpaired) electrons. The lowest BCUT2D eigenvalue weighted by Gasteiger charge is -2.01. The average Bonchev–Trinajstić information content (AvgIpc) is 3.17. The first-order valence-electron chi connectivity index (χ1n) is 8.21. The average molecular weight is 334 g/mol. The predicted molar refractivity (Wildman–Crippen MR) is 96.4 cm³/mol. The molecule has 0 bridgehead atoms. The molecule has 0 aliphatic heterocycles. The van der Waals surface area contributed by atoms with Gasteiger partial charge in [-0.2, -0.15) is 4.98 Å². The number of aromatic amines is 1. The Labute approximate surface area is 144 Å². The third kappa shape index (κ3) is 2.55. The third-order valence-corrected chi connectivity index (χ3v) is 4.39. The summed E-state index contributed by atoms with van der Waals surface area (Å²) in [5, 5.41) is 4.10. The quantitative estimate of drug-likeness (QED) is 0.620. The summed E-state index contributed by atoms with van der Waals surface area (Å²) in [4.78, 5) is 19.3. The van der Waals surface area contributed by atoms with Crippen LogP contribution < -0.4 is 5.69 Å². The molecule has 0 spiro atoms. The molecule has 126 valence electrons. The van der Waals surface area contributed by atoms with Gasteiger partial charge in [-0.25, -0.2) is 4.79 Å². The highest BCUT2D eigenvalue weighted by Gasteiger charge is 2.14. The first kappa shape index (κ1) is 15.4. The minimum absolute atomic E-state index is 0.112. The van der Waals surface area contributed by atoms with E-state index in [4.69, 9.17) is 4.52 Å². The largest absolute Gasteiger partial charge is 0.334 e. The Hall–Kier alpha value is -3.15. The Morgan fingerprint density at radius 3 is 2.76 bits per heavy atom. The predicted octanol–water partition coefficient (Wildman–Crippen LogP) is 3.68. The van der Waals surface area contributed by atoms with E-state index in [0.29, 0.717) is 18.3 Å². The summed E-state index contributed by atoms with van der Waals surface area (Å²) in [6.07, 6.45) is 0. The highest BCUT2D eigenvalue weighted by Crippen LogP contribution is 2.26. The Kier molecular flexibility index (Phi) is 3.53. The van der Waals surface area contributed by atoms with Crippen molar-refractivity contribution in [1.82, 2.24) is 19.7 Å². The molecule has 2 aromatic heterocycles. The van der Waals surface area contributed by atoms with E-state index in [1.165, 1.54) is 5.56 Å². The number of hydrogen-bond acceptors (Lipinski definition) is 4. The summed E-state index contributed by atoms with van der Waals surface area (Å²) in [7, 11) is 0. The Balaban J connectivity index is 1.77. The van der Waals surface area contributed by atoms with Gasteiger partial charge < -0.3 is 9.51 Å². The van der Waals surface area contributed by atoms with Crippen LogP contribution in [0.25, 0.3) is 33.9 Å². The fourth-order valence-corrected chi connectivity index (χ4v) is 3.12.